The van der Waals surface area contributed by atoms with Gasteiger partial charge >= 0.3 is 0 Å². The monoisotopic (exact) mass is 459 g/mol. The third-order valence-corrected chi connectivity index (χ3v) is 5.49. The first-order valence-electron chi connectivity index (χ1n) is 10.5. The lowest BCUT2D eigenvalue weighted by atomic mass is 10.1. The summed E-state index contributed by atoms with van der Waals surface area (Å²) in [7, 11) is 6.17. The highest BCUT2D eigenvalue weighted by atomic mass is 16.5. The van der Waals surface area contributed by atoms with Crippen molar-refractivity contribution in [3.8, 4) is 34.4 Å². The van der Waals surface area contributed by atoms with E-state index < -0.39 is 0 Å². The Kier molecular flexibility index (Phi) is 6.49. The fourth-order valence-corrected chi connectivity index (χ4v) is 3.62. The molecule has 0 aliphatic rings. The largest absolute Gasteiger partial charge is 0.493 e. The van der Waals surface area contributed by atoms with Gasteiger partial charge in [-0.05, 0) is 42.3 Å². The minimum atomic E-state index is -0.347. The molecule has 0 N–H and O–H groups in total. The van der Waals surface area contributed by atoms with Crippen molar-refractivity contribution in [2.75, 3.05) is 28.4 Å². The molecule has 8 nitrogen and oxygen atoms in total. The standard InChI is InChI=1S/C26H25N3O5/c1-16-8-6-7-9-18(16)15-27-29-25(17-10-11-21(31-2)22(12-17)32-3)28-20-14-24(34-5)23(33-4)13-19(20)26(29)30/h6-15H,1-5H3. The predicted molar refractivity (Wildman–Crippen MR) is 132 cm³/mol. The lowest BCUT2D eigenvalue weighted by Gasteiger charge is -2.14. The average molecular weight is 460 g/mol. The molecule has 0 aliphatic heterocycles. The molecule has 0 aliphatic carbocycles. The Morgan fingerprint density at radius 3 is 2.15 bits per heavy atom. The van der Waals surface area contributed by atoms with Crippen molar-refractivity contribution < 1.29 is 18.9 Å². The van der Waals surface area contributed by atoms with E-state index in [0.717, 1.165) is 11.1 Å². The summed E-state index contributed by atoms with van der Waals surface area (Å²) in [6.07, 6.45) is 1.65. The predicted octanol–water partition coefficient (Wildman–Crippen LogP) is 4.29. The van der Waals surface area contributed by atoms with Gasteiger partial charge in [0.25, 0.3) is 5.56 Å². The molecule has 3 aromatic carbocycles. The first-order chi connectivity index (χ1) is 16.5. The number of benzene rings is 3. The quantitative estimate of drug-likeness (QED) is 0.384. The van der Waals surface area contributed by atoms with Crippen LogP contribution in [0.3, 0.4) is 0 Å². The van der Waals surface area contributed by atoms with Crippen LogP contribution in [-0.4, -0.2) is 44.3 Å². The van der Waals surface area contributed by atoms with Crippen LogP contribution in [-0.2, 0) is 0 Å². The molecule has 0 unspecified atom stereocenters. The van der Waals surface area contributed by atoms with Crippen molar-refractivity contribution in [2.45, 2.75) is 6.92 Å². The van der Waals surface area contributed by atoms with Gasteiger partial charge in [0.2, 0.25) is 0 Å². The van der Waals surface area contributed by atoms with E-state index in [-0.39, 0.29) is 5.56 Å². The Morgan fingerprint density at radius 2 is 1.47 bits per heavy atom. The second-order valence-electron chi connectivity index (χ2n) is 7.45. The minimum absolute atomic E-state index is 0.343. The molecule has 1 aromatic heterocycles. The van der Waals surface area contributed by atoms with Gasteiger partial charge in [0.1, 0.15) is 0 Å². The molecule has 34 heavy (non-hydrogen) atoms. The van der Waals surface area contributed by atoms with Crippen LogP contribution >= 0.6 is 0 Å². The van der Waals surface area contributed by atoms with Crippen LogP contribution in [0.1, 0.15) is 11.1 Å². The van der Waals surface area contributed by atoms with Crippen molar-refractivity contribution in [3.05, 3.63) is 76.1 Å². The highest BCUT2D eigenvalue weighted by molar-refractivity contribution is 5.85. The third kappa shape index (κ3) is 4.17. The van der Waals surface area contributed by atoms with Crippen molar-refractivity contribution in [1.82, 2.24) is 9.66 Å². The van der Waals surface area contributed by atoms with E-state index in [1.54, 1.807) is 50.8 Å². The molecule has 4 rings (SSSR count). The van der Waals surface area contributed by atoms with E-state index in [2.05, 4.69) is 5.10 Å². The van der Waals surface area contributed by atoms with Crippen molar-refractivity contribution in [1.29, 1.82) is 0 Å². The molecular weight excluding hydrogens is 434 g/mol. The lowest BCUT2D eigenvalue weighted by Crippen LogP contribution is -2.20. The third-order valence-electron chi connectivity index (χ3n) is 5.49. The van der Waals surface area contributed by atoms with Crippen LogP contribution in [0, 0.1) is 6.92 Å². The van der Waals surface area contributed by atoms with E-state index in [4.69, 9.17) is 23.9 Å². The topological polar surface area (TPSA) is 84.2 Å². The lowest BCUT2D eigenvalue weighted by molar-refractivity contribution is 0.355. The van der Waals surface area contributed by atoms with Crippen LogP contribution in [0.5, 0.6) is 23.0 Å². The van der Waals surface area contributed by atoms with Gasteiger partial charge in [0.15, 0.2) is 28.8 Å². The number of ether oxygens (including phenoxy) is 4. The molecule has 0 spiro atoms. The maximum atomic E-state index is 13.6. The Hall–Kier alpha value is -4.33. The summed E-state index contributed by atoms with van der Waals surface area (Å²) < 4.78 is 22.9. The number of aryl methyl sites for hydroxylation is 1. The molecule has 4 aromatic rings. The van der Waals surface area contributed by atoms with Crippen LogP contribution in [0.25, 0.3) is 22.3 Å². The highest BCUT2D eigenvalue weighted by Gasteiger charge is 2.17. The van der Waals surface area contributed by atoms with Gasteiger partial charge in [-0.3, -0.25) is 4.79 Å². The summed E-state index contributed by atoms with van der Waals surface area (Å²) in [5, 5.41) is 4.88. The van der Waals surface area contributed by atoms with Crippen molar-refractivity contribution >= 4 is 17.1 Å². The number of aromatic nitrogens is 2. The van der Waals surface area contributed by atoms with E-state index in [1.165, 1.54) is 18.9 Å². The molecule has 0 bridgehead atoms. The molecule has 0 radical (unpaired) electrons. The molecule has 0 saturated carbocycles. The SMILES string of the molecule is COc1ccc(-c2nc3cc(OC)c(OC)cc3c(=O)n2N=Cc2ccccc2C)cc1OC. The Bertz CT molecular complexity index is 1440. The second-order valence-corrected chi connectivity index (χ2v) is 7.45. The number of rotatable bonds is 7. The summed E-state index contributed by atoms with van der Waals surface area (Å²) in [4.78, 5) is 18.4. The number of fused-ring (bicyclic) bond motifs is 1. The first-order valence-corrected chi connectivity index (χ1v) is 10.5. The summed E-state index contributed by atoms with van der Waals surface area (Å²) in [5.74, 6) is 2.32. The molecule has 0 atom stereocenters. The van der Waals surface area contributed by atoms with E-state index >= 15 is 0 Å². The van der Waals surface area contributed by atoms with E-state index in [9.17, 15) is 4.79 Å². The number of methoxy groups -OCH3 is 4. The van der Waals surface area contributed by atoms with Crippen molar-refractivity contribution in [2.24, 2.45) is 5.10 Å². The molecule has 0 amide bonds. The number of nitrogens with zero attached hydrogens (tertiary/aromatic N) is 3. The Balaban J connectivity index is 2.01. The minimum Gasteiger partial charge on any atom is -0.493 e. The molecule has 1 heterocycles. The maximum Gasteiger partial charge on any atom is 0.282 e. The van der Waals surface area contributed by atoms with E-state index in [0.29, 0.717) is 45.3 Å². The van der Waals surface area contributed by atoms with Gasteiger partial charge in [0, 0.05) is 11.6 Å². The van der Waals surface area contributed by atoms with Gasteiger partial charge in [0.05, 0.1) is 45.6 Å². The highest BCUT2D eigenvalue weighted by Crippen LogP contribution is 2.34. The summed E-state index contributed by atoms with van der Waals surface area (Å²) in [5.41, 5.74) is 2.66. The number of hydrogen-bond donors (Lipinski definition) is 0. The average Bonchev–Trinajstić information content (AvgIpc) is 2.87. The summed E-state index contributed by atoms with van der Waals surface area (Å²) in [6, 6.07) is 16.4. The van der Waals surface area contributed by atoms with Gasteiger partial charge in [-0.25, -0.2) is 4.98 Å². The van der Waals surface area contributed by atoms with Crippen LogP contribution in [0.15, 0.2) is 64.5 Å². The van der Waals surface area contributed by atoms with Crippen LogP contribution in [0.4, 0.5) is 0 Å². The van der Waals surface area contributed by atoms with Crippen LogP contribution in [0.2, 0.25) is 0 Å². The van der Waals surface area contributed by atoms with Gasteiger partial charge in [-0.15, -0.1) is 0 Å². The molecular formula is C26H25N3O5. The van der Waals surface area contributed by atoms with Gasteiger partial charge in [-0.2, -0.15) is 9.78 Å². The fourth-order valence-electron chi connectivity index (χ4n) is 3.62. The Labute approximate surface area is 197 Å². The normalized spacial score (nSPS) is 11.1. The van der Waals surface area contributed by atoms with Crippen molar-refractivity contribution in [3.63, 3.8) is 0 Å². The molecule has 174 valence electrons. The molecule has 8 heteroatoms. The smallest absolute Gasteiger partial charge is 0.282 e. The van der Waals surface area contributed by atoms with Gasteiger partial charge in [-0.1, -0.05) is 24.3 Å². The zero-order valence-corrected chi connectivity index (χ0v) is 19.7. The zero-order valence-electron chi connectivity index (χ0n) is 19.7. The van der Waals surface area contributed by atoms with Gasteiger partial charge < -0.3 is 18.9 Å². The van der Waals surface area contributed by atoms with Crippen LogP contribution < -0.4 is 24.5 Å². The maximum absolute atomic E-state index is 13.6. The second kappa shape index (κ2) is 9.66. The fraction of sp³-hybridized carbons (Fsp3) is 0.192. The molecule has 0 fully saturated rings. The number of hydrogen-bond acceptors (Lipinski definition) is 7. The summed E-state index contributed by atoms with van der Waals surface area (Å²) >= 11 is 0. The Morgan fingerprint density at radius 1 is 0.824 bits per heavy atom. The summed E-state index contributed by atoms with van der Waals surface area (Å²) in [6.45, 7) is 1.98. The van der Waals surface area contributed by atoms with E-state index in [1.807, 2.05) is 31.2 Å². The molecule has 0 saturated heterocycles. The zero-order chi connectivity index (χ0) is 24.2. The first kappa shape index (κ1) is 22.8.